The molecule has 0 aliphatic carbocycles. The number of amides is 2. The molecule has 0 spiro atoms. The van der Waals surface area contributed by atoms with Gasteiger partial charge in [-0.05, 0) is 32.1 Å². The van der Waals surface area contributed by atoms with Crippen LogP contribution in [0.2, 0.25) is 0 Å². The molecule has 0 radical (unpaired) electrons. The minimum Gasteiger partial charge on any atom is -0.496 e. The van der Waals surface area contributed by atoms with Gasteiger partial charge in [-0.1, -0.05) is 76.9 Å². The van der Waals surface area contributed by atoms with Crippen molar-refractivity contribution in [3.63, 3.8) is 0 Å². The molecule has 0 atom stereocenters. The Bertz CT molecular complexity index is 666. The predicted molar refractivity (Wildman–Crippen MR) is 143 cm³/mol. The third-order valence-electron chi connectivity index (χ3n) is 5.93. The molecule has 0 heterocycles. The molecule has 1 aromatic rings. The minimum absolute atomic E-state index is 0.269. The summed E-state index contributed by atoms with van der Waals surface area (Å²) in [5.41, 5.74) is 0.490. The van der Waals surface area contributed by atoms with Crippen molar-refractivity contribution in [1.29, 1.82) is 0 Å². The second kappa shape index (κ2) is 20.0. The fourth-order valence-corrected chi connectivity index (χ4v) is 3.86. The summed E-state index contributed by atoms with van der Waals surface area (Å²) in [6.45, 7) is 2.91. The number of ether oxygens (including phenoxy) is 3. The fourth-order valence-electron chi connectivity index (χ4n) is 3.86. The van der Waals surface area contributed by atoms with Crippen LogP contribution >= 0.6 is 0 Å². The largest absolute Gasteiger partial charge is 0.496 e. The Morgan fingerprint density at radius 3 is 1.74 bits per heavy atom. The maximum atomic E-state index is 12.3. The SMILES string of the molecule is CCCCCCCC/C=C\CCCCCCCCNC(=O)Nc1c(OC)cc(OC)cc1OC. The molecule has 6 heteroatoms. The van der Waals surface area contributed by atoms with Crippen LogP contribution in [0.25, 0.3) is 0 Å². The topological polar surface area (TPSA) is 68.8 Å². The van der Waals surface area contributed by atoms with Crippen molar-refractivity contribution in [3.8, 4) is 17.2 Å². The second-order valence-electron chi connectivity index (χ2n) is 8.73. The number of carbonyl (C=O) groups is 1. The smallest absolute Gasteiger partial charge is 0.319 e. The Morgan fingerprint density at radius 1 is 0.735 bits per heavy atom. The van der Waals surface area contributed by atoms with Crippen LogP contribution in [0, 0.1) is 0 Å². The highest BCUT2D eigenvalue weighted by molar-refractivity contribution is 5.93. The zero-order valence-electron chi connectivity index (χ0n) is 22.0. The van der Waals surface area contributed by atoms with Crippen LogP contribution in [0.3, 0.4) is 0 Å². The molecule has 1 aromatic carbocycles. The van der Waals surface area contributed by atoms with Crippen molar-refractivity contribution in [2.75, 3.05) is 33.2 Å². The first kappa shape index (κ1) is 29.7. The maximum Gasteiger partial charge on any atom is 0.319 e. The molecule has 0 saturated heterocycles. The summed E-state index contributed by atoms with van der Waals surface area (Å²) in [5.74, 6) is 1.58. The van der Waals surface area contributed by atoms with Gasteiger partial charge in [-0.15, -0.1) is 0 Å². The first-order valence-electron chi connectivity index (χ1n) is 13.2. The standard InChI is InChI=1S/C28H48N2O4/c1-5-6-7-8-9-10-11-12-13-14-15-16-17-18-19-20-21-29-28(31)30-27-25(33-3)22-24(32-2)23-26(27)34-4/h12-13,22-23H,5-11,14-21H2,1-4H3,(H2,29,30,31)/b13-12-. The summed E-state index contributed by atoms with van der Waals surface area (Å²) in [6.07, 6.45) is 22.5. The van der Waals surface area contributed by atoms with E-state index in [0.29, 0.717) is 29.5 Å². The van der Waals surface area contributed by atoms with Crippen molar-refractivity contribution in [2.24, 2.45) is 0 Å². The molecule has 0 unspecified atom stereocenters. The van der Waals surface area contributed by atoms with Gasteiger partial charge >= 0.3 is 6.03 Å². The van der Waals surface area contributed by atoms with Gasteiger partial charge in [-0.3, -0.25) is 0 Å². The zero-order valence-corrected chi connectivity index (χ0v) is 22.0. The number of hydrogen-bond acceptors (Lipinski definition) is 4. The van der Waals surface area contributed by atoms with Gasteiger partial charge in [0, 0.05) is 18.7 Å². The van der Waals surface area contributed by atoms with Gasteiger partial charge < -0.3 is 24.8 Å². The van der Waals surface area contributed by atoms with Crippen LogP contribution in [0.5, 0.6) is 17.2 Å². The van der Waals surface area contributed by atoms with E-state index in [1.807, 2.05) is 0 Å². The summed E-state index contributed by atoms with van der Waals surface area (Å²) in [4.78, 5) is 12.3. The van der Waals surface area contributed by atoms with Crippen LogP contribution in [0.1, 0.15) is 96.8 Å². The number of benzene rings is 1. The zero-order chi connectivity index (χ0) is 24.9. The Labute approximate surface area is 207 Å². The van der Waals surface area contributed by atoms with E-state index in [1.54, 1.807) is 33.5 Å². The number of anilines is 1. The molecule has 2 N–H and O–H groups in total. The van der Waals surface area contributed by atoms with Gasteiger partial charge in [-0.2, -0.15) is 0 Å². The van der Waals surface area contributed by atoms with Crippen LogP contribution in [0.15, 0.2) is 24.3 Å². The van der Waals surface area contributed by atoms with Gasteiger partial charge in [0.05, 0.1) is 21.3 Å². The van der Waals surface area contributed by atoms with Crippen LogP contribution in [-0.2, 0) is 0 Å². The Morgan fingerprint density at radius 2 is 1.24 bits per heavy atom. The van der Waals surface area contributed by atoms with E-state index < -0.39 is 0 Å². The summed E-state index contributed by atoms with van der Waals surface area (Å²) in [6, 6.07) is 3.15. The molecular weight excluding hydrogens is 428 g/mol. The highest BCUT2D eigenvalue weighted by atomic mass is 16.5. The Kier molecular flexibility index (Phi) is 17.5. The lowest BCUT2D eigenvalue weighted by Crippen LogP contribution is -2.29. The van der Waals surface area contributed by atoms with E-state index in [-0.39, 0.29) is 6.03 Å². The van der Waals surface area contributed by atoms with Gasteiger partial charge in [0.15, 0.2) is 0 Å². The average molecular weight is 477 g/mol. The van der Waals surface area contributed by atoms with Crippen LogP contribution in [-0.4, -0.2) is 33.9 Å². The van der Waals surface area contributed by atoms with Crippen LogP contribution < -0.4 is 24.8 Å². The van der Waals surface area contributed by atoms with Gasteiger partial charge in [0.1, 0.15) is 22.9 Å². The minimum atomic E-state index is -0.269. The van der Waals surface area contributed by atoms with Gasteiger partial charge in [0.2, 0.25) is 0 Å². The van der Waals surface area contributed by atoms with E-state index in [2.05, 4.69) is 29.7 Å². The monoisotopic (exact) mass is 476 g/mol. The molecule has 1 rings (SSSR count). The molecule has 0 aliphatic rings. The van der Waals surface area contributed by atoms with E-state index in [1.165, 1.54) is 77.0 Å². The number of nitrogens with one attached hydrogen (secondary N) is 2. The quantitative estimate of drug-likeness (QED) is 0.148. The second-order valence-corrected chi connectivity index (χ2v) is 8.73. The molecular formula is C28H48N2O4. The van der Waals surface area contributed by atoms with Crippen molar-refractivity contribution < 1.29 is 19.0 Å². The summed E-state index contributed by atoms with van der Waals surface area (Å²) >= 11 is 0. The lowest BCUT2D eigenvalue weighted by atomic mass is 10.1. The number of urea groups is 1. The average Bonchev–Trinajstić information content (AvgIpc) is 2.85. The third kappa shape index (κ3) is 13.4. The number of allylic oxidation sites excluding steroid dienone is 2. The molecule has 0 aliphatic heterocycles. The molecule has 0 aromatic heterocycles. The van der Waals surface area contributed by atoms with E-state index >= 15 is 0 Å². The van der Waals surface area contributed by atoms with Crippen molar-refractivity contribution >= 4 is 11.7 Å². The first-order chi connectivity index (χ1) is 16.7. The maximum absolute atomic E-state index is 12.3. The summed E-state index contributed by atoms with van der Waals surface area (Å²) < 4.78 is 16.0. The normalized spacial score (nSPS) is 10.9. The highest BCUT2D eigenvalue weighted by Crippen LogP contribution is 2.38. The predicted octanol–water partition coefficient (Wildman–Crippen LogP) is 7.87. The number of rotatable bonds is 20. The highest BCUT2D eigenvalue weighted by Gasteiger charge is 2.15. The Hall–Kier alpha value is -2.37. The van der Waals surface area contributed by atoms with Crippen molar-refractivity contribution in [2.45, 2.75) is 96.8 Å². The van der Waals surface area contributed by atoms with Crippen molar-refractivity contribution in [3.05, 3.63) is 24.3 Å². The number of methoxy groups -OCH3 is 3. The lowest BCUT2D eigenvalue weighted by Gasteiger charge is -2.16. The first-order valence-corrected chi connectivity index (χ1v) is 13.2. The summed E-state index contributed by atoms with van der Waals surface area (Å²) in [7, 11) is 4.66. The molecule has 0 bridgehead atoms. The molecule has 0 fully saturated rings. The number of carbonyl (C=O) groups excluding carboxylic acids is 1. The molecule has 194 valence electrons. The molecule has 6 nitrogen and oxygen atoms in total. The van der Waals surface area contributed by atoms with E-state index in [9.17, 15) is 4.79 Å². The van der Waals surface area contributed by atoms with Gasteiger partial charge in [0.25, 0.3) is 0 Å². The van der Waals surface area contributed by atoms with Crippen LogP contribution in [0.4, 0.5) is 10.5 Å². The third-order valence-corrected chi connectivity index (χ3v) is 5.93. The summed E-state index contributed by atoms with van der Waals surface area (Å²) in [5, 5.41) is 5.74. The number of hydrogen-bond donors (Lipinski definition) is 2. The molecule has 34 heavy (non-hydrogen) atoms. The van der Waals surface area contributed by atoms with Crippen molar-refractivity contribution in [1.82, 2.24) is 5.32 Å². The molecule has 2 amide bonds. The van der Waals surface area contributed by atoms with Gasteiger partial charge in [-0.25, -0.2) is 4.79 Å². The number of unbranched alkanes of at least 4 members (excludes halogenated alkanes) is 12. The van der Waals surface area contributed by atoms with E-state index in [4.69, 9.17) is 14.2 Å². The van der Waals surface area contributed by atoms with E-state index in [0.717, 1.165) is 12.8 Å². The lowest BCUT2D eigenvalue weighted by molar-refractivity contribution is 0.251. The molecule has 0 saturated carbocycles. The Balaban J connectivity index is 2.06. The fraction of sp³-hybridized carbons (Fsp3) is 0.679.